The summed E-state index contributed by atoms with van der Waals surface area (Å²) in [5.41, 5.74) is 6.03. The maximum absolute atomic E-state index is 12.1. The van der Waals surface area contributed by atoms with Gasteiger partial charge in [-0.15, -0.1) is 23.7 Å². The third-order valence-electron chi connectivity index (χ3n) is 3.30. The van der Waals surface area contributed by atoms with Crippen molar-refractivity contribution >= 4 is 29.7 Å². The van der Waals surface area contributed by atoms with Crippen LogP contribution in [-0.4, -0.2) is 29.4 Å². The molecule has 2 rings (SSSR count). The third kappa shape index (κ3) is 3.67. The van der Waals surface area contributed by atoms with Gasteiger partial charge in [0.1, 0.15) is 10.7 Å². The zero-order chi connectivity index (χ0) is 12.3. The summed E-state index contributed by atoms with van der Waals surface area (Å²) in [4.78, 5) is 18.1. The number of halogens is 1. The Balaban J connectivity index is 0.00000162. The lowest BCUT2D eigenvalue weighted by Gasteiger charge is -2.20. The standard InChI is InChI=1S/C12H19N3OS.ClH/c1-15(7-9-4-2-3-5-9)12(16)10-8-17-11(6-13)14-10;/h8-9H,2-7,13H2,1H3;1H. The molecule has 1 aliphatic carbocycles. The molecule has 0 aromatic carbocycles. The number of carbonyl (C=O) groups excluding carboxylic acids is 1. The van der Waals surface area contributed by atoms with Gasteiger partial charge in [-0.05, 0) is 18.8 Å². The quantitative estimate of drug-likeness (QED) is 0.925. The number of rotatable bonds is 4. The summed E-state index contributed by atoms with van der Waals surface area (Å²) >= 11 is 1.45. The molecule has 0 aliphatic heterocycles. The second-order valence-electron chi connectivity index (χ2n) is 4.67. The summed E-state index contributed by atoms with van der Waals surface area (Å²) in [5.74, 6) is 0.699. The smallest absolute Gasteiger partial charge is 0.273 e. The SMILES string of the molecule is CN(CC1CCCC1)C(=O)c1csc(CN)n1.Cl. The van der Waals surface area contributed by atoms with E-state index in [0.717, 1.165) is 11.6 Å². The van der Waals surface area contributed by atoms with Gasteiger partial charge in [-0.2, -0.15) is 0 Å². The Hall–Kier alpha value is -0.650. The monoisotopic (exact) mass is 289 g/mol. The van der Waals surface area contributed by atoms with Crippen LogP contribution in [0.25, 0.3) is 0 Å². The molecular weight excluding hydrogens is 270 g/mol. The molecular formula is C12H20ClN3OS. The molecule has 18 heavy (non-hydrogen) atoms. The molecule has 6 heteroatoms. The van der Waals surface area contributed by atoms with E-state index in [-0.39, 0.29) is 18.3 Å². The molecule has 1 aliphatic rings. The number of hydrogen-bond acceptors (Lipinski definition) is 4. The van der Waals surface area contributed by atoms with Gasteiger partial charge < -0.3 is 10.6 Å². The van der Waals surface area contributed by atoms with Crippen molar-refractivity contribution in [3.05, 3.63) is 16.1 Å². The molecule has 1 aromatic rings. The van der Waals surface area contributed by atoms with E-state index in [1.165, 1.54) is 37.0 Å². The zero-order valence-electron chi connectivity index (χ0n) is 10.6. The number of nitrogens with zero attached hydrogens (tertiary/aromatic N) is 2. The van der Waals surface area contributed by atoms with E-state index >= 15 is 0 Å². The van der Waals surface area contributed by atoms with E-state index < -0.39 is 0 Å². The third-order valence-corrected chi connectivity index (χ3v) is 4.17. The molecule has 102 valence electrons. The van der Waals surface area contributed by atoms with E-state index in [2.05, 4.69) is 4.98 Å². The second-order valence-corrected chi connectivity index (χ2v) is 5.61. The maximum Gasteiger partial charge on any atom is 0.273 e. The van der Waals surface area contributed by atoms with Crippen molar-refractivity contribution in [3.63, 3.8) is 0 Å². The average Bonchev–Trinajstić information content (AvgIpc) is 2.98. The van der Waals surface area contributed by atoms with Crippen LogP contribution in [0.1, 0.15) is 41.2 Å². The van der Waals surface area contributed by atoms with Crippen LogP contribution in [0.2, 0.25) is 0 Å². The van der Waals surface area contributed by atoms with Gasteiger partial charge in [-0.3, -0.25) is 4.79 Å². The predicted molar refractivity (Wildman–Crippen MR) is 76.2 cm³/mol. The van der Waals surface area contributed by atoms with Gasteiger partial charge in [0.05, 0.1) is 0 Å². The number of aromatic nitrogens is 1. The first-order valence-electron chi connectivity index (χ1n) is 6.10. The fraction of sp³-hybridized carbons (Fsp3) is 0.667. The Kier molecular flexibility index (Phi) is 6.05. The van der Waals surface area contributed by atoms with Crippen molar-refractivity contribution in [2.24, 2.45) is 11.7 Å². The van der Waals surface area contributed by atoms with Gasteiger partial charge in [0, 0.05) is 25.5 Å². The predicted octanol–water partition coefficient (Wildman–Crippen LogP) is 2.29. The summed E-state index contributed by atoms with van der Waals surface area (Å²) in [6.07, 6.45) is 5.12. The Bertz CT molecular complexity index is 390. The van der Waals surface area contributed by atoms with Crippen molar-refractivity contribution in [1.82, 2.24) is 9.88 Å². The molecule has 1 fully saturated rings. The van der Waals surface area contributed by atoms with Crippen molar-refractivity contribution in [3.8, 4) is 0 Å². The van der Waals surface area contributed by atoms with E-state index in [1.54, 1.807) is 10.3 Å². The first-order valence-corrected chi connectivity index (χ1v) is 6.98. The van der Waals surface area contributed by atoms with Gasteiger partial charge >= 0.3 is 0 Å². The molecule has 1 amide bonds. The minimum atomic E-state index is 0. The number of nitrogens with two attached hydrogens (primary N) is 1. The highest BCUT2D eigenvalue weighted by atomic mass is 35.5. The lowest BCUT2D eigenvalue weighted by molar-refractivity contribution is 0.0768. The number of amides is 1. The van der Waals surface area contributed by atoms with Crippen molar-refractivity contribution in [1.29, 1.82) is 0 Å². The van der Waals surface area contributed by atoms with Gasteiger partial charge in [-0.25, -0.2) is 4.98 Å². The first kappa shape index (κ1) is 15.4. The van der Waals surface area contributed by atoms with Gasteiger partial charge in [0.15, 0.2) is 0 Å². The largest absolute Gasteiger partial charge is 0.340 e. The second kappa shape index (κ2) is 7.07. The van der Waals surface area contributed by atoms with Crippen LogP contribution >= 0.6 is 23.7 Å². The van der Waals surface area contributed by atoms with Crippen LogP contribution in [-0.2, 0) is 6.54 Å². The van der Waals surface area contributed by atoms with E-state index in [1.807, 2.05) is 7.05 Å². The molecule has 4 nitrogen and oxygen atoms in total. The highest BCUT2D eigenvalue weighted by Crippen LogP contribution is 2.25. The summed E-state index contributed by atoms with van der Waals surface area (Å²) < 4.78 is 0. The number of hydrogen-bond donors (Lipinski definition) is 1. The Morgan fingerprint density at radius 3 is 2.78 bits per heavy atom. The number of thiazole rings is 1. The molecule has 0 radical (unpaired) electrons. The average molecular weight is 290 g/mol. The van der Waals surface area contributed by atoms with Crippen LogP contribution in [0.3, 0.4) is 0 Å². The summed E-state index contributed by atoms with van der Waals surface area (Å²) in [5, 5.41) is 2.62. The maximum atomic E-state index is 12.1. The minimum Gasteiger partial charge on any atom is -0.340 e. The van der Waals surface area contributed by atoms with Crippen LogP contribution in [0.15, 0.2) is 5.38 Å². The van der Waals surface area contributed by atoms with Crippen LogP contribution < -0.4 is 5.73 Å². The first-order chi connectivity index (χ1) is 8.20. The number of carbonyl (C=O) groups is 1. The Morgan fingerprint density at radius 1 is 1.56 bits per heavy atom. The molecule has 0 unspecified atom stereocenters. The molecule has 0 spiro atoms. The van der Waals surface area contributed by atoms with E-state index in [4.69, 9.17) is 5.73 Å². The molecule has 2 N–H and O–H groups in total. The highest BCUT2D eigenvalue weighted by molar-refractivity contribution is 7.09. The fourth-order valence-electron chi connectivity index (χ4n) is 2.36. The van der Waals surface area contributed by atoms with E-state index in [0.29, 0.717) is 18.2 Å². The molecule has 1 aromatic heterocycles. The lowest BCUT2D eigenvalue weighted by atomic mass is 10.1. The molecule has 0 bridgehead atoms. The Labute approximate surface area is 118 Å². The summed E-state index contributed by atoms with van der Waals surface area (Å²) in [6.45, 7) is 1.26. The summed E-state index contributed by atoms with van der Waals surface area (Å²) in [7, 11) is 1.86. The van der Waals surface area contributed by atoms with Gasteiger partial charge in [0.2, 0.25) is 0 Å². The van der Waals surface area contributed by atoms with Gasteiger partial charge in [0.25, 0.3) is 5.91 Å². The molecule has 1 saturated carbocycles. The highest BCUT2D eigenvalue weighted by Gasteiger charge is 2.21. The molecule has 1 heterocycles. The Morgan fingerprint density at radius 2 is 2.22 bits per heavy atom. The van der Waals surface area contributed by atoms with Crippen molar-refractivity contribution in [2.75, 3.05) is 13.6 Å². The van der Waals surface area contributed by atoms with Crippen LogP contribution in [0.4, 0.5) is 0 Å². The van der Waals surface area contributed by atoms with Gasteiger partial charge in [-0.1, -0.05) is 12.8 Å². The van der Waals surface area contributed by atoms with E-state index in [9.17, 15) is 4.79 Å². The topological polar surface area (TPSA) is 59.2 Å². The lowest BCUT2D eigenvalue weighted by Crippen LogP contribution is -2.31. The normalized spacial score (nSPS) is 15.4. The molecule has 0 saturated heterocycles. The summed E-state index contributed by atoms with van der Waals surface area (Å²) in [6, 6.07) is 0. The van der Waals surface area contributed by atoms with Crippen molar-refractivity contribution in [2.45, 2.75) is 32.2 Å². The van der Waals surface area contributed by atoms with Crippen LogP contribution in [0, 0.1) is 5.92 Å². The fourth-order valence-corrected chi connectivity index (χ4v) is 3.01. The molecule has 0 atom stereocenters. The minimum absolute atomic E-state index is 0. The van der Waals surface area contributed by atoms with Crippen LogP contribution in [0.5, 0.6) is 0 Å². The van der Waals surface area contributed by atoms with Crippen molar-refractivity contribution < 1.29 is 4.79 Å². The zero-order valence-corrected chi connectivity index (χ0v) is 12.2.